The zero-order chi connectivity index (χ0) is 12.4. The van der Waals surface area contributed by atoms with Crippen LogP contribution < -0.4 is 4.84 Å². The van der Waals surface area contributed by atoms with Crippen LogP contribution in [0.3, 0.4) is 0 Å². The summed E-state index contributed by atoms with van der Waals surface area (Å²) in [6.07, 6.45) is 5.15. The summed E-state index contributed by atoms with van der Waals surface area (Å²) in [7, 11) is 0. The largest absolute Gasteiger partial charge is 0.492 e. The van der Waals surface area contributed by atoms with Crippen LogP contribution in [0, 0.1) is 0 Å². The van der Waals surface area contributed by atoms with Crippen molar-refractivity contribution >= 4 is 23.5 Å². The molecule has 0 atom stereocenters. The average Bonchev–Trinajstić information content (AvgIpc) is 2.56. The van der Waals surface area contributed by atoms with Crippen LogP contribution in [0.2, 0.25) is 0 Å². The maximum absolute atomic E-state index is 9.90. The summed E-state index contributed by atoms with van der Waals surface area (Å²) >= 11 is 4.79. The monoisotopic (exact) mass is 255 g/mol. The summed E-state index contributed by atoms with van der Waals surface area (Å²) in [5.74, 6) is -0.306. The van der Waals surface area contributed by atoms with E-state index in [0.717, 1.165) is 11.2 Å². The Bertz CT molecular complexity index is 478. The second-order valence-electron chi connectivity index (χ2n) is 3.55. The Labute approximate surface area is 104 Å². The van der Waals surface area contributed by atoms with Gasteiger partial charge in [-0.2, -0.15) is 0 Å². The second kappa shape index (κ2) is 4.67. The fraction of sp³-hybridized carbons (Fsp3) is 0.364. The van der Waals surface area contributed by atoms with Gasteiger partial charge in [0.05, 0.1) is 6.61 Å². The lowest BCUT2D eigenvalue weighted by atomic mass is 10.0. The van der Waals surface area contributed by atoms with Crippen molar-refractivity contribution in [3.8, 4) is 11.8 Å². The zero-order valence-corrected chi connectivity index (χ0v) is 10.2. The summed E-state index contributed by atoms with van der Waals surface area (Å²) in [4.78, 5) is 5.06. The van der Waals surface area contributed by atoms with Gasteiger partial charge in [-0.3, -0.25) is 0 Å². The lowest BCUT2D eigenvalue weighted by Gasteiger charge is -2.08. The van der Waals surface area contributed by atoms with E-state index < -0.39 is 0 Å². The molecule has 0 bridgehead atoms. The predicted octanol–water partition coefficient (Wildman–Crippen LogP) is 1.61. The first-order chi connectivity index (χ1) is 8.15. The number of nitrogens with zero attached hydrogens (tertiary/aromatic N) is 1. The van der Waals surface area contributed by atoms with Gasteiger partial charge in [0.25, 0.3) is 0 Å². The number of aromatic hydroxyl groups is 2. The van der Waals surface area contributed by atoms with Crippen LogP contribution in [-0.4, -0.2) is 26.8 Å². The first-order valence-electron chi connectivity index (χ1n) is 5.32. The third kappa shape index (κ3) is 2.08. The molecule has 2 rings (SSSR count). The summed E-state index contributed by atoms with van der Waals surface area (Å²) in [6.45, 7) is 2.13. The summed E-state index contributed by atoms with van der Waals surface area (Å²) in [5, 5.41) is 19.6. The fourth-order valence-electron chi connectivity index (χ4n) is 1.74. The standard InChI is InChI=1S/C11H13NO4S/c1-2-15-11(17)16-12-9(13)7-5-3-4-6-8(7)10(12)14/h3,5,13-14H,2,4,6H2,1H3. The average molecular weight is 255 g/mol. The smallest absolute Gasteiger partial charge is 0.378 e. The second-order valence-corrected chi connectivity index (χ2v) is 3.88. The Balaban J connectivity index is 2.32. The molecule has 6 heteroatoms. The lowest BCUT2D eigenvalue weighted by molar-refractivity contribution is 0.131. The van der Waals surface area contributed by atoms with E-state index in [1.165, 1.54) is 0 Å². The highest BCUT2D eigenvalue weighted by Gasteiger charge is 2.24. The van der Waals surface area contributed by atoms with E-state index in [9.17, 15) is 10.2 Å². The van der Waals surface area contributed by atoms with Crippen molar-refractivity contribution in [1.82, 2.24) is 4.73 Å². The van der Waals surface area contributed by atoms with Gasteiger partial charge in [-0.15, -0.1) is 4.73 Å². The third-order valence-electron chi connectivity index (χ3n) is 2.49. The first kappa shape index (κ1) is 11.8. The molecule has 0 saturated carbocycles. The van der Waals surface area contributed by atoms with E-state index in [4.69, 9.17) is 21.8 Å². The topological polar surface area (TPSA) is 63.9 Å². The van der Waals surface area contributed by atoms with E-state index in [1.54, 1.807) is 13.0 Å². The zero-order valence-electron chi connectivity index (χ0n) is 9.34. The van der Waals surface area contributed by atoms with E-state index in [2.05, 4.69) is 0 Å². The molecule has 1 aromatic heterocycles. The van der Waals surface area contributed by atoms with Gasteiger partial charge in [-0.05, 0) is 19.8 Å². The molecule has 17 heavy (non-hydrogen) atoms. The van der Waals surface area contributed by atoms with Crippen LogP contribution >= 0.6 is 12.2 Å². The van der Waals surface area contributed by atoms with E-state index >= 15 is 0 Å². The predicted molar refractivity (Wildman–Crippen MR) is 65.9 cm³/mol. The number of rotatable bonds is 2. The molecule has 92 valence electrons. The van der Waals surface area contributed by atoms with Gasteiger partial charge in [0.2, 0.25) is 11.8 Å². The summed E-state index contributed by atoms with van der Waals surface area (Å²) in [5.41, 5.74) is 1.22. The van der Waals surface area contributed by atoms with Crippen molar-refractivity contribution < 1.29 is 19.8 Å². The van der Waals surface area contributed by atoms with Crippen molar-refractivity contribution in [3.05, 3.63) is 17.2 Å². The van der Waals surface area contributed by atoms with Crippen LogP contribution in [0.4, 0.5) is 0 Å². The molecule has 1 heterocycles. The molecule has 0 saturated heterocycles. The minimum atomic E-state index is -0.171. The van der Waals surface area contributed by atoms with E-state index in [1.807, 2.05) is 6.08 Å². The third-order valence-corrected chi connectivity index (χ3v) is 2.69. The molecular weight excluding hydrogens is 242 g/mol. The van der Waals surface area contributed by atoms with Crippen molar-refractivity contribution in [2.75, 3.05) is 6.61 Å². The van der Waals surface area contributed by atoms with Gasteiger partial charge in [-0.25, -0.2) is 0 Å². The molecule has 1 aliphatic carbocycles. The molecule has 0 aliphatic heterocycles. The lowest BCUT2D eigenvalue weighted by Crippen LogP contribution is -2.19. The Morgan fingerprint density at radius 2 is 2.24 bits per heavy atom. The van der Waals surface area contributed by atoms with Gasteiger partial charge < -0.3 is 19.8 Å². The number of hydrogen-bond acceptors (Lipinski definition) is 5. The molecule has 0 fully saturated rings. The quantitative estimate of drug-likeness (QED) is 0.786. The number of ether oxygens (including phenoxy) is 1. The summed E-state index contributed by atoms with van der Waals surface area (Å²) in [6, 6.07) is 0. The Morgan fingerprint density at radius 1 is 1.47 bits per heavy atom. The van der Waals surface area contributed by atoms with Crippen molar-refractivity contribution in [1.29, 1.82) is 0 Å². The molecule has 0 spiro atoms. The Morgan fingerprint density at radius 3 is 2.88 bits per heavy atom. The maximum atomic E-state index is 9.90. The molecule has 0 amide bonds. The fourth-order valence-corrected chi connectivity index (χ4v) is 1.94. The molecule has 0 aromatic carbocycles. The molecule has 0 unspecified atom stereocenters. The number of fused-ring (bicyclic) bond motifs is 1. The first-order valence-corrected chi connectivity index (χ1v) is 5.73. The van der Waals surface area contributed by atoms with Crippen LogP contribution in [0.5, 0.6) is 11.8 Å². The highest BCUT2D eigenvalue weighted by atomic mass is 32.1. The minimum absolute atomic E-state index is 0.135. The minimum Gasteiger partial charge on any atom is -0.492 e. The molecular formula is C11H13NO4S. The van der Waals surface area contributed by atoms with Crippen LogP contribution in [0.15, 0.2) is 6.08 Å². The van der Waals surface area contributed by atoms with E-state index in [-0.39, 0.29) is 17.0 Å². The molecule has 1 aliphatic rings. The van der Waals surface area contributed by atoms with Crippen molar-refractivity contribution in [3.63, 3.8) is 0 Å². The molecule has 2 N–H and O–H groups in total. The van der Waals surface area contributed by atoms with Gasteiger partial charge in [0.1, 0.15) is 0 Å². The van der Waals surface area contributed by atoms with Crippen molar-refractivity contribution in [2.45, 2.75) is 19.8 Å². The Kier molecular flexibility index (Phi) is 3.23. The number of allylic oxidation sites excluding steroid dienone is 1. The van der Waals surface area contributed by atoms with Crippen LogP contribution in [-0.2, 0) is 11.2 Å². The van der Waals surface area contributed by atoms with Gasteiger partial charge in [0, 0.05) is 23.3 Å². The van der Waals surface area contributed by atoms with Gasteiger partial charge in [0.15, 0.2) is 0 Å². The molecule has 1 aromatic rings. The van der Waals surface area contributed by atoms with E-state index in [0.29, 0.717) is 24.2 Å². The summed E-state index contributed by atoms with van der Waals surface area (Å²) < 4.78 is 5.82. The maximum Gasteiger partial charge on any atom is 0.378 e. The number of aromatic nitrogens is 1. The van der Waals surface area contributed by atoms with Crippen LogP contribution in [0.1, 0.15) is 24.5 Å². The number of thiocarbonyl (C=S) groups is 1. The highest BCUT2D eigenvalue weighted by Crippen LogP contribution is 2.37. The molecule has 5 nitrogen and oxygen atoms in total. The molecule has 0 radical (unpaired) electrons. The highest BCUT2D eigenvalue weighted by molar-refractivity contribution is 7.79. The van der Waals surface area contributed by atoms with Crippen LogP contribution in [0.25, 0.3) is 6.08 Å². The van der Waals surface area contributed by atoms with Crippen molar-refractivity contribution in [2.24, 2.45) is 0 Å². The Hall–Kier alpha value is -1.69. The normalized spacial score (nSPS) is 13.2. The SMILES string of the molecule is CCOC(=S)On1c(O)c2c(c1O)CCC=C2. The van der Waals surface area contributed by atoms with Gasteiger partial charge in [-0.1, -0.05) is 12.2 Å². The number of hydrogen-bond donors (Lipinski definition) is 2. The van der Waals surface area contributed by atoms with Gasteiger partial charge >= 0.3 is 5.24 Å².